The Kier molecular flexibility index (Phi) is 15.0. The number of aromatic nitrogens is 1. The van der Waals surface area contributed by atoms with E-state index < -0.39 is 11.7 Å². The second-order valence-corrected chi connectivity index (χ2v) is 10.6. The van der Waals surface area contributed by atoms with Crippen molar-refractivity contribution in [2.45, 2.75) is 135 Å². The maximum absolute atomic E-state index is 12.1. The highest BCUT2D eigenvalue weighted by atomic mass is 16.3. The SMILES string of the molecule is CCCCCCCCCCCCCCCCCCCC(CC(=O)C(N)=O)c1c[nH]c2ccc(O)cc12. The van der Waals surface area contributed by atoms with Crippen LogP contribution in [-0.4, -0.2) is 21.8 Å². The van der Waals surface area contributed by atoms with Gasteiger partial charge in [-0.25, -0.2) is 0 Å². The molecule has 202 valence electrons. The van der Waals surface area contributed by atoms with Crippen molar-refractivity contribution >= 4 is 22.6 Å². The van der Waals surface area contributed by atoms with Gasteiger partial charge in [0.25, 0.3) is 5.91 Å². The van der Waals surface area contributed by atoms with Crippen LogP contribution in [0.25, 0.3) is 10.9 Å². The number of phenols is 1. The Hall–Kier alpha value is -2.30. The van der Waals surface area contributed by atoms with Gasteiger partial charge in [-0.1, -0.05) is 116 Å². The number of ketones is 1. The minimum atomic E-state index is -0.870. The van der Waals surface area contributed by atoms with E-state index in [0.29, 0.717) is 0 Å². The van der Waals surface area contributed by atoms with E-state index in [1.165, 1.54) is 96.3 Å². The lowest BCUT2D eigenvalue weighted by atomic mass is 9.88. The highest BCUT2D eigenvalue weighted by Crippen LogP contribution is 2.34. The molecular weight excluding hydrogens is 448 g/mol. The van der Waals surface area contributed by atoms with Crippen LogP contribution in [0.15, 0.2) is 24.4 Å². The number of fused-ring (bicyclic) bond motifs is 1. The van der Waals surface area contributed by atoms with Crippen molar-refractivity contribution in [2.24, 2.45) is 5.73 Å². The summed E-state index contributed by atoms with van der Waals surface area (Å²) in [5.41, 5.74) is 7.13. The van der Waals surface area contributed by atoms with Crippen LogP contribution < -0.4 is 5.73 Å². The van der Waals surface area contributed by atoms with Gasteiger partial charge in [0.15, 0.2) is 0 Å². The molecule has 1 aromatic heterocycles. The molecule has 0 fully saturated rings. The lowest BCUT2D eigenvalue weighted by Crippen LogP contribution is -2.24. The summed E-state index contributed by atoms with van der Waals surface area (Å²) >= 11 is 0. The van der Waals surface area contributed by atoms with Gasteiger partial charge in [0, 0.05) is 23.5 Å². The Bertz CT molecular complexity index is 889. The number of benzene rings is 1. The molecule has 0 aliphatic carbocycles. The number of carbonyl (C=O) groups excluding carboxylic acids is 2. The van der Waals surface area contributed by atoms with Gasteiger partial charge >= 0.3 is 0 Å². The number of nitrogens with two attached hydrogens (primary N) is 1. The van der Waals surface area contributed by atoms with Gasteiger partial charge in [-0.3, -0.25) is 9.59 Å². The van der Waals surface area contributed by atoms with Gasteiger partial charge in [0.1, 0.15) is 5.75 Å². The number of nitrogens with one attached hydrogen (secondary N) is 1. The third-order valence-electron chi connectivity index (χ3n) is 7.50. The fourth-order valence-corrected chi connectivity index (χ4v) is 5.28. The number of phenolic OH excluding ortho intramolecular Hbond substituents is 1. The molecule has 1 amide bonds. The third kappa shape index (κ3) is 11.6. The van der Waals surface area contributed by atoms with Gasteiger partial charge in [0.05, 0.1) is 0 Å². The normalized spacial score (nSPS) is 12.2. The summed E-state index contributed by atoms with van der Waals surface area (Å²) in [6.07, 6.45) is 25.5. The molecule has 5 nitrogen and oxygen atoms in total. The Morgan fingerprint density at radius 2 is 1.31 bits per heavy atom. The summed E-state index contributed by atoms with van der Waals surface area (Å²) in [5, 5.41) is 10.8. The Morgan fingerprint density at radius 3 is 1.81 bits per heavy atom. The monoisotopic (exact) mass is 498 g/mol. The molecule has 0 saturated heterocycles. The maximum atomic E-state index is 12.1. The molecule has 0 bridgehead atoms. The minimum Gasteiger partial charge on any atom is -0.508 e. The summed E-state index contributed by atoms with van der Waals surface area (Å²) in [7, 11) is 0. The van der Waals surface area contributed by atoms with Crippen molar-refractivity contribution in [3.05, 3.63) is 30.0 Å². The van der Waals surface area contributed by atoms with E-state index >= 15 is 0 Å². The number of aromatic amines is 1. The van der Waals surface area contributed by atoms with Crippen LogP contribution in [-0.2, 0) is 9.59 Å². The summed E-state index contributed by atoms with van der Waals surface area (Å²) in [6.45, 7) is 2.27. The molecular formula is C31H50N2O3. The number of primary amides is 1. The number of hydrogen-bond donors (Lipinski definition) is 3. The van der Waals surface area contributed by atoms with Gasteiger partial charge in [-0.15, -0.1) is 0 Å². The average molecular weight is 499 g/mol. The van der Waals surface area contributed by atoms with E-state index in [0.717, 1.165) is 35.7 Å². The molecule has 1 unspecified atom stereocenters. The molecule has 2 rings (SSSR count). The molecule has 0 aliphatic heterocycles. The van der Waals surface area contributed by atoms with Crippen LogP contribution in [0.2, 0.25) is 0 Å². The zero-order chi connectivity index (χ0) is 26.0. The quantitative estimate of drug-likeness (QED) is 0.112. The molecule has 0 radical (unpaired) electrons. The largest absolute Gasteiger partial charge is 0.508 e. The van der Waals surface area contributed by atoms with E-state index in [-0.39, 0.29) is 18.1 Å². The number of aromatic hydroxyl groups is 1. The van der Waals surface area contributed by atoms with Crippen molar-refractivity contribution in [1.82, 2.24) is 4.98 Å². The van der Waals surface area contributed by atoms with E-state index in [4.69, 9.17) is 5.73 Å². The van der Waals surface area contributed by atoms with Crippen molar-refractivity contribution in [2.75, 3.05) is 0 Å². The molecule has 1 atom stereocenters. The van der Waals surface area contributed by atoms with Gasteiger partial charge < -0.3 is 15.8 Å². The van der Waals surface area contributed by atoms with Gasteiger partial charge in [-0.05, 0) is 36.1 Å². The fourth-order valence-electron chi connectivity index (χ4n) is 5.28. The van der Waals surface area contributed by atoms with Crippen LogP contribution >= 0.6 is 0 Å². The van der Waals surface area contributed by atoms with E-state index in [1.807, 2.05) is 12.3 Å². The number of carbonyl (C=O) groups is 2. The number of amides is 1. The topological polar surface area (TPSA) is 96.2 Å². The first kappa shape index (κ1) is 29.9. The molecule has 0 aliphatic rings. The van der Waals surface area contributed by atoms with Crippen LogP contribution in [0.4, 0.5) is 0 Å². The highest BCUT2D eigenvalue weighted by Gasteiger charge is 2.22. The zero-order valence-corrected chi connectivity index (χ0v) is 22.7. The second-order valence-electron chi connectivity index (χ2n) is 10.6. The van der Waals surface area contributed by atoms with Crippen molar-refractivity contribution in [3.63, 3.8) is 0 Å². The maximum Gasteiger partial charge on any atom is 0.284 e. The Morgan fingerprint density at radius 1 is 0.806 bits per heavy atom. The van der Waals surface area contributed by atoms with Crippen LogP contribution in [0.3, 0.4) is 0 Å². The molecule has 4 N–H and O–H groups in total. The zero-order valence-electron chi connectivity index (χ0n) is 22.7. The standard InChI is InChI=1S/C31H50N2O3/c1-2-3-4-5-6-7-8-9-10-11-12-13-14-15-16-17-18-19-25(22-30(35)31(32)36)28-24-33-29-21-20-26(34)23-27(28)29/h20-21,23-25,33-34H,2-19,22H2,1H3,(H2,32,36). The number of rotatable bonds is 22. The molecule has 1 aromatic carbocycles. The Balaban J connectivity index is 1.57. The van der Waals surface area contributed by atoms with Crippen LogP contribution in [0, 0.1) is 0 Å². The summed E-state index contributed by atoms with van der Waals surface area (Å²) in [5.74, 6) is -1.27. The summed E-state index contributed by atoms with van der Waals surface area (Å²) < 4.78 is 0. The van der Waals surface area contributed by atoms with Gasteiger partial charge in [-0.2, -0.15) is 0 Å². The number of unbranched alkanes of at least 4 members (excludes halogenated alkanes) is 16. The first-order valence-corrected chi connectivity index (χ1v) is 14.7. The van der Waals surface area contributed by atoms with Crippen molar-refractivity contribution in [3.8, 4) is 5.75 Å². The number of H-pyrrole nitrogens is 1. The van der Waals surface area contributed by atoms with Crippen molar-refractivity contribution in [1.29, 1.82) is 0 Å². The first-order chi connectivity index (χ1) is 17.5. The lowest BCUT2D eigenvalue weighted by molar-refractivity contribution is -0.136. The van der Waals surface area contributed by atoms with E-state index in [1.54, 1.807) is 12.1 Å². The van der Waals surface area contributed by atoms with E-state index in [9.17, 15) is 14.7 Å². The lowest BCUT2D eigenvalue weighted by Gasteiger charge is -2.15. The van der Waals surface area contributed by atoms with Crippen LogP contribution in [0.5, 0.6) is 5.75 Å². The van der Waals surface area contributed by atoms with Crippen LogP contribution in [0.1, 0.15) is 140 Å². The first-order valence-electron chi connectivity index (χ1n) is 14.7. The van der Waals surface area contributed by atoms with Gasteiger partial charge in [0.2, 0.25) is 5.78 Å². The fraction of sp³-hybridized carbons (Fsp3) is 0.677. The number of Topliss-reactive ketones (excluding diaryl/α,β-unsaturated/α-hetero) is 1. The highest BCUT2D eigenvalue weighted by molar-refractivity contribution is 6.35. The molecule has 1 heterocycles. The number of hydrogen-bond acceptors (Lipinski definition) is 3. The van der Waals surface area contributed by atoms with Crippen molar-refractivity contribution < 1.29 is 14.7 Å². The molecule has 0 saturated carbocycles. The molecule has 2 aromatic rings. The smallest absolute Gasteiger partial charge is 0.284 e. The minimum absolute atomic E-state index is 0.0723. The molecule has 0 spiro atoms. The van der Waals surface area contributed by atoms with E-state index in [2.05, 4.69) is 11.9 Å². The average Bonchev–Trinajstić information content (AvgIpc) is 3.27. The summed E-state index contributed by atoms with van der Waals surface area (Å²) in [6, 6.07) is 5.19. The summed E-state index contributed by atoms with van der Waals surface area (Å²) in [4.78, 5) is 26.7. The predicted octanol–water partition coefficient (Wildman–Crippen LogP) is 8.44. The molecule has 5 heteroatoms. The second kappa shape index (κ2) is 18.0. The predicted molar refractivity (Wildman–Crippen MR) is 150 cm³/mol. The Labute approximate surface area is 218 Å². The third-order valence-corrected chi connectivity index (χ3v) is 7.50. The molecule has 36 heavy (non-hydrogen) atoms.